The van der Waals surface area contributed by atoms with E-state index in [-0.39, 0.29) is 18.1 Å². The molecule has 0 bridgehead atoms. The third-order valence-corrected chi connectivity index (χ3v) is 4.53. The Bertz CT molecular complexity index is 1150. The van der Waals surface area contributed by atoms with E-state index in [1.165, 1.54) is 36.1 Å². The molecule has 0 radical (unpaired) electrons. The van der Waals surface area contributed by atoms with E-state index in [4.69, 9.17) is 9.47 Å². The van der Waals surface area contributed by atoms with E-state index in [0.29, 0.717) is 17.0 Å². The first-order valence-electron chi connectivity index (χ1n) is 9.37. The summed E-state index contributed by atoms with van der Waals surface area (Å²) >= 11 is 0. The van der Waals surface area contributed by atoms with Gasteiger partial charge in [-0.1, -0.05) is 12.1 Å². The van der Waals surface area contributed by atoms with Crippen molar-refractivity contribution in [2.75, 3.05) is 19.5 Å². The van der Waals surface area contributed by atoms with Crippen LogP contribution < -0.4 is 20.2 Å². The quantitative estimate of drug-likeness (QED) is 0.588. The van der Waals surface area contributed by atoms with E-state index in [0.717, 1.165) is 5.56 Å². The molecule has 31 heavy (non-hydrogen) atoms. The van der Waals surface area contributed by atoms with Gasteiger partial charge in [0, 0.05) is 18.8 Å². The maximum absolute atomic E-state index is 12.6. The monoisotopic (exact) mass is 422 g/mol. The normalized spacial score (nSPS) is 10.3. The Balaban J connectivity index is 1.71. The Morgan fingerprint density at radius 3 is 2.45 bits per heavy atom. The SMILES string of the molecule is COC(=O)c1ccc(NC(=O)c2cc(=O)c(OCc3cccc(OC)c3)cn2C)cc1. The molecule has 8 heteroatoms. The number of amides is 1. The van der Waals surface area contributed by atoms with Crippen molar-refractivity contribution >= 4 is 17.6 Å². The highest BCUT2D eigenvalue weighted by molar-refractivity contribution is 6.03. The fraction of sp³-hybridized carbons (Fsp3) is 0.174. The smallest absolute Gasteiger partial charge is 0.337 e. The lowest BCUT2D eigenvalue weighted by atomic mass is 10.2. The predicted octanol–water partition coefficient (Wildman–Crippen LogP) is 3.01. The van der Waals surface area contributed by atoms with Crippen molar-refractivity contribution in [2.24, 2.45) is 7.05 Å². The lowest BCUT2D eigenvalue weighted by Gasteiger charge is -2.12. The average Bonchev–Trinajstić information content (AvgIpc) is 2.79. The second-order valence-corrected chi connectivity index (χ2v) is 6.66. The van der Waals surface area contributed by atoms with Crippen LogP contribution >= 0.6 is 0 Å². The molecule has 0 aliphatic carbocycles. The number of pyridine rings is 1. The molecular weight excluding hydrogens is 400 g/mol. The number of carbonyl (C=O) groups is 2. The van der Waals surface area contributed by atoms with Crippen LogP contribution in [0.5, 0.6) is 11.5 Å². The molecule has 2 aromatic carbocycles. The zero-order chi connectivity index (χ0) is 22.4. The maximum Gasteiger partial charge on any atom is 0.337 e. The van der Waals surface area contributed by atoms with Crippen molar-refractivity contribution in [2.45, 2.75) is 6.61 Å². The topological polar surface area (TPSA) is 95.9 Å². The fourth-order valence-electron chi connectivity index (χ4n) is 2.87. The lowest BCUT2D eigenvalue weighted by Crippen LogP contribution is -2.21. The Hall–Kier alpha value is -4.07. The third kappa shape index (κ3) is 5.30. The van der Waals surface area contributed by atoms with E-state index in [2.05, 4.69) is 10.1 Å². The minimum Gasteiger partial charge on any atom is -0.497 e. The van der Waals surface area contributed by atoms with Crippen LogP contribution in [0.1, 0.15) is 26.4 Å². The van der Waals surface area contributed by atoms with Crippen molar-refractivity contribution in [1.82, 2.24) is 4.57 Å². The maximum atomic E-state index is 12.6. The minimum absolute atomic E-state index is 0.129. The van der Waals surface area contributed by atoms with Crippen LogP contribution in [0.3, 0.4) is 0 Å². The molecule has 3 aromatic rings. The van der Waals surface area contributed by atoms with Gasteiger partial charge in [0.1, 0.15) is 18.1 Å². The summed E-state index contributed by atoms with van der Waals surface area (Å²) in [5.74, 6) is -0.112. The molecule has 1 aromatic heterocycles. The standard InChI is InChI=1S/C23H22N2O6/c1-25-13-21(31-14-15-5-4-6-18(11-15)29-2)20(26)12-19(25)22(27)24-17-9-7-16(8-10-17)23(28)30-3/h4-13H,14H2,1-3H3,(H,24,27). The molecule has 0 atom stereocenters. The summed E-state index contributed by atoms with van der Waals surface area (Å²) in [6.07, 6.45) is 1.47. The number of hydrogen-bond donors (Lipinski definition) is 1. The van der Waals surface area contributed by atoms with Gasteiger partial charge in [0.15, 0.2) is 5.75 Å². The van der Waals surface area contributed by atoms with Gasteiger partial charge in [0.2, 0.25) is 5.43 Å². The van der Waals surface area contributed by atoms with Crippen LogP contribution in [0.15, 0.2) is 65.6 Å². The number of nitrogens with one attached hydrogen (secondary N) is 1. The van der Waals surface area contributed by atoms with E-state index < -0.39 is 17.3 Å². The van der Waals surface area contributed by atoms with Crippen LogP contribution in [-0.4, -0.2) is 30.7 Å². The Labute approximate surface area is 179 Å². The predicted molar refractivity (Wildman–Crippen MR) is 115 cm³/mol. The molecule has 160 valence electrons. The summed E-state index contributed by atoms with van der Waals surface area (Å²) in [6.45, 7) is 0.185. The Morgan fingerprint density at radius 1 is 1.03 bits per heavy atom. The number of rotatable bonds is 7. The third-order valence-electron chi connectivity index (χ3n) is 4.53. The van der Waals surface area contributed by atoms with Crippen molar-refractivity contribution in [3.8, 4) is 11.5 Å². The molecule has 1 N–H and O–H groups in total. The van der Waals surface area contributed by atoms with Crippen LogP contribution in [0.4, 0.5) is 5.69 Å². The highest BCUT2D eigenvalue weighted by atomic mass is 16.5. The first-order chi connectivity index (χ1) is 14.9. The molecule has 0 aliphatic heterocycles. The molecule has 1 heterocycles. The highest BCUT2D eigenvalue weighted by Crippen LogP contribution is 2.16. The van der Waals surface area contributed by atoms with Gasteiger partial charge in [0.05, 0.1) is 26.0 Å². The van der Waals surface area contributed by atoms with E-state index in [9.17, 15) is 14.4 Å². The molecule has 1 amide bonds. The number of anilines is 1. The number of methoxy groups -OCH3 is 2. The summed E-state index contributed by atoms with van der Waals surface area (Å²) in [6, 6.07) is 14.8. The summed E-state index contributed by atoms with van der Waals surface area (Å²) < 4.78 is 17.0. The largest absolute Gasteiger partial charge is 0.497 e. The van der Waals surface area contributed by atoms with Gasteiger partial charge in [-0.25, -0.2) is 4.79 Å². The number of nitrogens with zero attached hydrogens (tertiary/aromatic N) is 1. The molecule has 0 spiro atoms. The lowest BCUT2D eigenvalue weighted by molar-refractivity contribution is 0.0600. The number of ether oxygens (including phenoxy) is 3. The van der Waals surface area contributed by atoms with Crippen LogP contribution in [0.25, 0.3) is 0 Å². The highest BCUT2D eigenvalue weighted by Gasteiger charge is 2.14. The van der Waals surface area contributed by atoms with Crippen LogP contribution in [0.2, 0.25) is 0 Å². The number of benzene rings is 2. The summed E-state index contributed by atoms with van der Waals surface area (Å²) in [5.41, 5.74) is 1.44. The Morgan fingerprint density at radius 2 is 1.77 bits per heavy atom. The molecule has 0 aliphatic rings. The molecule has 3 rings (SSSR count). The van der Waals surface area contributed by atoms with Gasteiger partial charge >= 0.3 is 5.97 Å². The van der Waals surface area contributed by atoms with Crippen molar-refractivity contribution < 1.29 is 23.8 Å². The molecule has 0 fully saturated rings. The molecular formula is C23H22N2O6. The number of esters is 1. The number of aromatic nitrogens is 1. The van der Waals surface area contributed by atoms with Gasteiger partial charge in [-0.2, -0.15) is 0 Å². The van der Waals surface area contributed by atoms with Crippen molar-refractivity contribution in [3.05, 3.63) is 87.8 Å². The second kappa shape index (κ2) is 9.62. The van der Waals surface area contributed by atoms with E-state index in [1.54, 1.807) is 26.3 Å². The van der Waals surface area contributed by atoms with Crippen molar-refractivity contribution in [1.29, 1.82) is 0 Å². The number of aryl methyl sites for hydroxylation is 1. The van der Waals surface area contributed by atoms with Crippen molar-refractivity contribution in [3.63, 3.8) is 0 Å². The van der Waals surface area contributed by atoms with Gasteiger partial charge in [-0.05, 0) is 42.0 Å². The fourth-order valence-corrected chi connectivity index (χ4v) is 2.87. The summed E-state index contributed by atoms with van der Waals surface area (Å²) in [7, 11) is 4.52. The molecule has 0 saturated carbocycles. The molecule has 0 unspecified atom stereocenters. The Kier molecular flexibility index (Phi) is 6.71. The van der Waals surface area contributed by atoms with Crippen LogP contribution in [-0.2, 0) is 18.4 Å². The molecule has 0 saturated heterocycles. The van der Waals surface area contributed by atoms with Gasteiger partial charge in [-0.3, -0.25) is 9.59 Å². The van der Waals surface area contributed by atoms with Gasteiger partial charge in [0.25, 0.3) is 5.91 Å². The zero-order valence-corrected chi connectivity index (χ0v) is 17.4. The van der Waals surface area contributed by atoms with E-state index >= 15 is 0 Å². The minimum atomic E-state index is -0.468. The van der Waals surface area contributed by atoms with Gasteiger partial charge < -0.3 is 24.1 Å². The van der Waals surface area contributed by atoms with E-state index in [1.807, 2.05) is 24.3 Å². The first kappa shape index (κ1) is 21.6. The number of hydrogen-bond acceptors (Lipinski definition) is 6. The number of carbonyl (C=O) groups excluding carboxylic acids is 2. The summed E-state index contributed by atoms with van der Waals surface area (Å²) in [5, 5.41) is 2.69. The second-order valence-electron chi connectivity index (χ2n) is 6.66. The summed E-state index contributed by atoms with van der Waals surface area (Å²) in [4.78, 5) is 36.6. The first-order valence-corrected chi connectivity index (χ1v) is 9.37. The molecule has 8 nitrogen and oxygen atoms in total. The zero-order valence-electron chi connectivity index (χ0n) is 17.4. The van der Waals surface area contributed by atoms with Gasteiger partial charge in [-0.15, -0.1) is 0 Å². The average molecular weight is 422 g/mol. The van der Waals surface area contributed by atoms with Crippen LogP contribution in [0, 0.1) is 0 Å².